The van der Waals surface area contributed by atoms with Crippen molar-refractivity contribution in [3.8, 4) is 11.6 Å². The Hall–Kier alpha value is -1.78. The van der Waals surface area contributed by atoms with E-state index >= 15 is 0 Å². The molecule has 0 radical (unpaired) electrons. The van der Waals surface area contributed by atoms with Crippen LogP contribution in [0, 0.1) is 5.82 Å². The van der Waals surface area contributed by atoms with E-state index in [1.54, 1.807) is 0 Å². The van der Waals surface area contributed by atoms with E-state index in [2.05, 4.69) is 15.2 Å². The Morgan fingerprint density at radius 2 is 2.13 bits per heavy atom. The molecular formula is C10H10FN3O. The van der Waals surface area contributed by atoms with Crippen molar-refractivity contribution in [2.24, 2.45) is 0 Å². The highest BCUT2D eigenvalue weighted by Gasteiger charge is 2.15. The number of halogens is 1. The van der Waals surface area contributed by atoms with Crippen LogP contribution in [0.25, 0.3) is 11.6 Å². The van der Waals surface area contributed by atoms with Crippen LogP contribution in [0.3, 0.4) is 0 Å². The van der Waals surface area contributed by atoms with Gasteiger partial charge in [0.05, 0.1) is 0 Å². The second kappa shape index (κ2) is 3.76. The molecule has 15 heavy (non-hydrogen) atoms. The van der Waals surface area contributed by atoms with Crippen LogP contribution in [0.2, 0.25) is 0 Å². The zero-order valence-electron chi connectivity index (χ0n) is 8.44. The first-order chi connectivity index (χ1) is 7.18. The standard InChI is InChI=1S/C10H10FN3O/c1-6(2)9-13-14-10(15-9)8-7(11)4-3-5-12-8/h3-6H,1-2H3. The Bertz CT molecular complexity index is 467. The molecule has 2 rings (SSSR count). The maximum atomic E-state index is 13.3. The second-order valence-corrected chi connectivity index (χ2v) is 3.43. The number of rotatable bonds is 2. The molecular weight excluding hydrogens is 197 g/mol. The number of nitrogens with zero attached hydrogens (tertiary/aromatic N) is 3. The van der Waals surface area contributed by atoms with Crippen LogP contribution >= 0.6 is 0 Å². The molecule has 0 atom stereocenters. The minimum Gasteiger partial charge on any atom is -0.419 e. The van der Waals surface area contributed by atoms with Gasteiger partial charge in [0.15, 0.2) is 11.5 Å². The molecule has 78 valence electrons. The van der Waals surface area contributed by atoms with Gasteiger partial charge in [-0.3, -0.25) is 0 Å². The summed E-state index contributed by atoms with van der Waals surface area (Å²) >= 11 is 0. The van der Waals surface area contributed by atoms with Crippen molar-refractivity contribution >= 4 is 0 Å². The van der Waals surface area contributed by atoms with E-state index in [4.69, 9.17) is 4.42 Å². The summed E-state index contributed by atoms with van der Waals surface area (Å²) < 4.78 is 18.6. The lowest BCUT2D eigenvalue weighted by Crippen LogP contribution is -1.87. The maximum Gasteiger partial charge on any atom is 0.269 e. The van der Waals surface area contributed by atoms with Crippen molar-refractivity contribution in [1.29, 1.82) is 0 Å². The molecule has 4 nitrogen and oxygen atoms in total. The van der Waals surface area contributed by atoms with E-state index in [9.17, 15) is 4.39 Å². The molecule has 2 heterocycles. The molecule has 0 aliphatic rings. The Kier molecular flexibility index (Phi) is 2.45. The highest BCUT2D eigenvalue weighted by molar-refractivity contribution is 5.46. The van der Waals surface area contributed by atoms with Crippen LogP contribution in [-0.4, -0.2) is 15.2 Å². The monoisotopic (exact) mass is 207 g/mol. The van der Waals surface area contributed by atoms with Crippen molar-refractivity contribution in [3.63, 3.8) is 0 Å². The normalized spacial score (nSPS) is 10.9. The third kappa shape index (κ3) is 1.86. The Morgan fingerprint density at radius 3 is 2.73 bits per heavy atom. The lowest BCUT2D eigenvalue weighted by atomic mass is 10.2. The molecule has 0 spiro atoms. The molecule has 0 aliphatic carbocycles. The van der Waals surface area contributed by atoms with Crippen LogP contribution in [0.5, 0.6) is 0 Å². The minimum atomic E-state index is -0.462. The summed E-state index contributed by atoms with van der Waals surface area (Å²) in [4.78, 5) is 3.85. The van der Waals surface area contributed by atoms with Gasteiger partial charge in [0.25, 0.3) is 5.89 Å². The van der Waals surface area contributed by atoms with Crippen molar-refractivity contribution < 1.29 is 8.81 Å². The Balaban J connectivity index is 2.42. The first-order valence-corrected chi connectivity index (χ1v) is 4.62. The first-order valence-electron chi connectivity index (χ1n) is 4.62. The van der Waals surface area contributed by atoms with Gasteiger partial charge in [-0.25, -0.2) is 9.37 Å². The summed E-state index contributed by atoms with van der Waals surface area (Å²) in [6.45, 7) is 3.85. The second-order valence-electron chi connectivity index (χ2n) is 3.43. The van der Waals surface area contributed by atoms with Crippen LogP contribution < -0.4 is 0 Å². The lowest BCUT2D eigenvalue weighted by Gasteiger charge is -1.96. The van der Waals surface area contributed by atoms with Crippen LogP contribution in [0.15, 0.2) is 22.7 Å². The average Bonchev–Trinajstić information content (AvgIpc) is 2.67. The predicted octanol–water partition coefficient (Wildman–Crippen LogP) is 2.39. The van der Waals surface area contributed by atoms with E-state index in [0.29, 0.717) is 5.89 Å². The van der Waals surface area contributed by atoms with Crippen molar-refractivity contribution in [1.82, 2.24) is 15.2 Å². The van der Waals surface area contributed by atoms with Gasteiger partial charge in [-0.2, -0.15) is 0 Å². The lowest BCUT2D eigenvalue weighted by molar-refractivity contribution is 0.476. The third-order valence-electron chi connectivity index (χ3n) is 1.90. The Labute approximate surface area is 86.2 Å². The van der Waals surface area contributed by atoms with Crippen molar-refractivity contribution in [2.75, 3.05) is 0 Å². The fourth-order valence-corrected chi connectivity index (χ4v) is 1.11. The summed E-state index contributed by atoms with van der Waals surface area (Å²) in [5, 5.41) is 7.56. The first kappa shape index (κ1) is 9.76. The zero-order chi connectivity index (χ0) is 10.8. The van der Waals surface area contributed by atoms with Crippen molar-refractivity contribution in [3.05, 3.63) is 30.0 Å². The van der Waals surface area contributed by atoms with Crippen LogP contribution in [0.1, 0.15) is 25.7 Å². The Morgan fingerprint density at radius 1 is 1.33 bits per heavy atom. The van der Waals surface area contributed by atoms with Crippen molar-refractivity contribution in [2.45, 2.75) is 19.8 Å². The SMILES string of the molecule is CC(C)c1nnc(-c2ncccc2F)o1. The number of aromatic nitrogens is 3. The van der Waals surface area contributed by atoms with Gasteiger partial charge >= 0.3 is 0 Å². The number of hydrogen-bond donors (Lipinski definition) is 0. The van der Waals surface area contributed by atoms with E-state index in [1.807, 2.05) is 13.8 Å². The van der Waals surface area contributed by atoms with E-state index in [0.717, 1.165) is 0 Å². The molecule has 0 aliphatic heterocycles. The molecule has 0 bridgehead atoms. The largest absolute Gasteiger partial charge is 0.419 e. The third-order valence-corrected chi connectivity index (χ3v) is 1.90. The number of pyridine rings is 1. The van der Waals surface area contributed by atoms with Gasteiger partial charge < -0.3 is 4.42 Å². The molecule has 2 aromatic rings. The van der Waals surface area contributed by atoms with E-state index in [-0.39, 0.29) is 17.5 Å². The fourth-order valence-electron chi connectivity index (χ4n) is 1.11. The molecule has 0 saturated heterocycles. The topological polar surface area (TPSA) is 51.8 Å². The highest BCUT2D eigenvalue weighted by Crippen LogP contribution is 2.21. The highest BCUT2D eigenvalue weighted by atomic mass is 19.1. The molecule has 0 N–H and O–H groups in total. The zero-order valence-corrected chi connectivity index (χ0v) is 8.44. The van der Waals surface area contributed by atoms with Crippen LogP contribution in [0.4, 0.5) is 4.39 Å². The summed E-state index contributed by atoms with van der Waals surface area (Å²) in [6, 6.07) is 2.82. The summed E-state index contributed by atoms with van der Waals surface area (Å²) in [5.41, 5.74) is 0.0944. The molecule has 2 aromatic heterocycles. The molecule has 0 saturated carbocycles. The van der Waals surface area contributed by atoms with Gasteiger partial charge in [0, 0.05) is 12.1 Å². The van der Waals surface area contributed by atoms with Gasteiger partial charge in [0.2, 0.25) is 5.89 Å². The number of hydrogen-bond acceptors (Lipinski definition) is 4. The minimum absolute atomic E-state index is 0.0944. The predicted molar refractivity (Wildman–Crippen MR) is 51.6 cm³/mol. The van der Waals surface area contributed by atoms with Gasteiger partial charge in [0.1, 0.15) is 0 Å². The van der Waals surface area contributed by atoms with E-state index < -0.39 is 5.82 Å². The summed E-state index contributed by atoms with van der Waals surface area (Å²) in [7, 11) is 0. The van der Waals surface area contributed by atoms with Crippen LogP contribution in [-0.2, 0) is 0 Å². The smallest absolute Gasteiger partial charge is 0.269 e. The summed E-state index contributed by atoms with van der Waals surface area (Å²) in [5.74, 6) is 0.265. The fraction of sp³-hybridized carbons (Fsp3) is 0.300. The maximum absolute atomic E-state index is 13.3. The molecule has 0 unspecified atom stereocenters. The van der Waals surface area contributed by atoms with Gasteiger partial charge in [-0.15, -0.1) is 10.2 Å². The van der Waals surface area contributed by atoms with Gasteiger partial charge in [-0.1, -0.05) is 13.8 Å². The van der Waals surface area contributed by atoms with E-state index in [1.165, 1.54) is 18.3 Å². The molecule has 0 fully saturated rings. The molecule has 0 aromatic carbocycles. The van der Waals surface area contributed by atoms with Gasteiger partial charge in [-0.05, 0) is 12.1 Å². The average molecular weight is 207 g/mol. The molecule has 5 heteroatoms. The summed E-state index contributed by atoms with van der Waals surface area (Å²) in [6.07, 6.45) is 1.48. The molecule has 0 amide bonds. The quantitative estimate of drug-likeness (QED) is 0.758.